The Kier molecular flexibility index (Phi) is 6.49. The average molecular weight is 384 g/mol. The Morgan fingerprint density at radius 1 is 1.50 bits per heavy atom. The molecule has 110 valence electrons. The summed E-state index contributed by atoms with van der Waals surface area (Å²) in [4.78, 5) is 4.38. The number of fused-ring (bicyclic) bond motifs is 1. The number of rotatable bonds is 5. The fourth-order valence-corrected chi connectivity index (χ4v) is 3.15. The SMILES string of the molecule is C[C@@H]1CCCc2c(CNCN=C[C@@H](C)I)cccc2C1. The molecule has 1 aromatic carbocycles. The molecular weight excluding hydrogens is 359 g/mol. The predicted octanol–water partition coefficient (Wildman–Crippen LogP) is 4.14. The van der Waals surface area contributed by atoms with Gasteiger partial charge in [0.1, 0.15) is 0 Å². The van der Waals surface area contributed by atoms with Crippen LogP contribution in [0.1, 0.15) is 43.4 Å². The van der Waals surface area contributed by atoms with Gasteiger partial charge < -0.3 is 0 Å². The van der Waals surface area contributed by atoms with E-state index in [9.17, 15) is 0 Å². The smallest absolute Gasteiger partial charge is 0.0883 e. The highest BCUT2D eigenvalue weighted by atomic mass is 127. The maximum Gasteiger partial charge on any atom is 0.0883 e. The molecule has 20 heavy (non-hydrogen) atoms. The number of hydrogen-bond donors (Lipinski definition) is 1. The molecule has 3 heteroatoms. The van der Waals surface area contributed by atoms with E-state index in [1.807, 2.05) is 6.21 Å². The summed E-state index contributed by atoms with van der Waals surface area (Å²) in [5, 5.41) is 3.44. The van der Waals surface area contributed by atoms with Crippen LogP contribution in [0.5, 0.6) is 0 Å². The van der Waals surface area contributed by atoms with Gasteiger partial charge in [-0.2, -0.15) is 0 Å². The van der Waals surface area contributed by atoms with E-state index in [-0.39, 0.29) is 0 Å². The van der Waals surface area contributed by atoms with E-state index in [1.54, 1.807) is 11.1 Å². The highest BCUT2D eigenvalue weighted by Crippen LogP contribution is 2.26. The fourth-order valence-electron chi connectivity index (χ4n) is 2.92. The summed E-state index contributed by atoms with van der Waals surface area (Å²) in [6.07, 6.45) is 7.18. The summed E-state index contributed by atoms with van der Waals surface area (Å²) in [5.74, 6) is 0.828. The van der Waals surface area contributed by atoms with Gasteiger partial charge in [0.15, 0.2) is 0 Å². The predicted molar refractivity (Wildman–Crippen MR) is 95.9 cm³/mol. The van der Waals surface area contributed by atoms with Crippen molar-refractivity contribution in [2.24, 2.45) is 10.9 Å². The van der Waals surface area contributed by atoms with Gasteiger partial charge in [0, 0.05) is 16.7 Å². The van der Waals surface area contributed by atoms with Crippen LogP contribution in [0.2, 0.25) is 0 Å². The highest BCUT2D eigenvalue weighted by Gasteiger charge is 2.15. The van der Waals surface area contributed by atoms with E-state index in [4.69, 9.17) is 0 Å². The normalized spacial score (nSPS) is 20.6. The van der Waals surface area contributed by atoms with Crippen molar-refractivity contribution in [3.63, 3.8) is 0 Å². The van der Waals surface area contributed by atoms with E-state index >= 15 is 0 Å². The second-order valence-corrected chi connectivity index (χ2v) is 7.82. The molecule has 1 aliphatic rings. The molecule has 0 amide bonds. The third-order valence-electron chi connectivity index (χ3n) is 3.89. The van der Waals surface area contributed by atoms with Gasteiger partial charge in [-0.1, -0.05) is 54.1 Å². The Hall–Kier alpha value is -0.420. The Balaban J connectivity index is 1.97. The van der Waals surface area contributed by atoms with Gasteiger partial charge in [0.2, 0.25) is 0 Å². The first-order valence-corrected chi connectivity index (χ1v) is 8.85. The molecule has 0 spiro atoms. The number of nitrogens with zero attached hydrogens (tertiary/aromatic N) is 1. The third kappa shape index (κ3) is 4.85. The van der Waals surface area contributed by atoms with Crippen LogP contribution in [0.15, 0.2) is 23.2 Å². The molecule has 0 aliphatic heterocycles. The molecule has 2 atom stereocenters. The maximum absolute atomic E-state index is 4.38. The second-order valence-electron chi connectivity index (χ2n) is 5.85. The van der Waals surface area contributed by atoms with Crippen LogP contribution in [0.3, 0.4) is 0 Å². The van der Waals surface area contributed by atoms with Gasteiger partial charge in [-0.05, 0) is 48.8 Å². The number of halogens is 1. The molecular formula is C17H25IN2. The lowest BCUT2D eigenvalue weighted by molar-refractivity contribution is 0.526. The zero-order chi connectivity index (χ0) is 14.4. The zero-order valence-electron chi connectivity index (χ0n) is 12.5. The largest absolute Gasteiger partial charge is 0.294 e. The number of nitrogens with one attached hydrogen (secondary N) is 1. The van der Waals surface area contributed by atoms with Crippen molar-refractivity contribution in [3.05, 3.63) is 34.9 Å². The third-order valence-corrected chi connectivity index (χ3v) is 4.21. The minimum absolute atomic E-state index is 0.504. The molecule has 0 aromatic heterocycles. The molecule has 0 bridgehead atoms. The van der Waals surface area contributed by atoms with Crippen LogP contribution < -0.4 is 5.32 Å². The van der Waals surface area contributed by atoms with Gasteiger partial charge >= 0.3 is 0 Å². The Bertz CT molecular complexity index is 454. The number of benzene rings is 1. The molecule has 2 nitrogen and oxygen atoms in total. The lowest BCUT2D eigenvalue weighted by Gasteiger charge is -2.13. The molecule has 0 unspecified atom stereocenters. The van der Waals surface area contributed by atoms with Crippen LogP contribution in [0.4, 0.5) is 0 Å². The van der Waals surface area contributed by atoms with Crippen LogP contribution in [-0.2, 0) is 19.4 Å². The van der Waals surface area contributed by atoms with E-state index < -0.39 is 0 Å². The summed E-state index contributed by atoms with van der Waals surface area (Å²) in [7, 11) is 0. The number of hydrogen-bond acceptors (Lipinski definition) is 2. The van der Waals surface area contributed by atoms with E-state index in [0.717, 1.165) is 12.5 Å². The van der Waals surface area contributed by atoms with Crippen LogP contribution >= 0.6 is 22.6 Å². The zero-order valence-corrected chi connectivity index (χ0v) is 14.7. The molecule has 1 N–H and O–H groups in total. The first-order chi connectivity index (χ1) is 9.66. The molecule has 0 saturated carbocycles. The molecule has 1 aromatic rings. The van der Waals surface area contributed by atoms with Gasteiger partial charge in [0.05, 0.1) is 6.67 Å². The lowest BCUT2D eigenvalue weighted by atomic mass is 9.95. The number of aliphatic imine (C=N–C) groups is 1. The maximum atomic E-state index is 4.38. The minimum atomic E-state index is 0.504. The van der Waals surface area contributed by atoms with Gasteiger partial charge in [-0.3, -0.25) is 10.3 Å². The summed E-state index contributed by atoms with van der Waals surface area (Å²) in [6, 6.07) is 6.80. The second kappa shape index (κ2) is 8.13. The average Bonchev–Trinajstić information content (AvgIpc) is 2.59. The van der Waals surface area contributed by atoms with Crippen molar-refractivity contribution in [2.45, 2.75) is 50.0 Å². The van der Waals surface area contributed by atoms with Crippen molar-refractivity contribution in [1.82, 2.24) is 5.32 Å². The summed E-state index contributed by atoms with van der Waals surface area (Å²) >= 11 is 2.36. The van der Waals surface area contributed by atoms with Crippen LogP contribution in [0, 0.1) is 5.92 Å². The van der Waals surface area contributed by atoms with Crippen LogP contribution in [-0.4, -0.2) is 16.8 Å². The minimum Gasteiger partial charge on any atom is -0.294 e. The van der Waals surface area contributed by atoms with Crippen molar-refractivity contribution < 1.29 is 0 Å². The van der Waals surface area contributed by atoms with Crippen molar-refractivity contribution >= 4 is 28.8 Å². The molecule has 2 rings (SSSR count). The standard InChI is InChI=1S/C17H25IN2/c1-13-5-3-8-17-15(9-13)6-4-7-16(17)11-20-12-19-10-14(2)18/h4,6-7,10,13-14,20H,3,5,8-9,11-12H2,1-2H3/t13-,14-/m1/s1. The van der Waals surface area contributed by atoms with E-state index in [0.29, 0.717) is 10.6 Å². The molecule has 0 saturated heterocycles. The lowest BCUT2D eigenvalue weighted by Crippen LogP contribution is -2.15. The summed E-state index contributed by atoms with van der Waals surface area (Å²) in [6.45, 7) is 6.17. The van der Waals surface area contributed by atoms with Gasteiger partial charge in [-0.15, -0.1) is 0 Å². The van der Waals surface area contributed by atoms with Crippen molar-refractivity contribution in [1.29, 1.82) is 0 Å². The molecule has 0 heterocycles. The van der Waals surface area contributed by atoms with Crippen LogP contribution in [0.25, 0.3) is 0 Å². The molecule has 0 radical (unpaired) electrons. The fraction of sp³-hybridized carbons (Fsp3) is 0.588. The Morgan fingerprint density at radius 3 is 3.15 bits per heavy atom. The first-order valence-electron chi connectivity index (χ1n) is 7.61. The molecule has 0 fully saturated rings. The van der Waals surface area contributed by atoms with E-state index in [1.165, 1.54) is 31.2 Å². The number of alkyl halides is 1. The van der Waals surface area contributed by atoms with Gasteiger partial charge in [-0.25, -0.2) is 0 Å². The Labute approximate surface area is 136 Å². The van der Waals surface area contributed by atoms with Gasteiger partial charge in [0.25, 0.3) is 0 Å². The topological polar surface area (TPSA) is 24.4 Å². The highest BCUT2D eigenvalue weighted by molar-refractivity contribution is 14.1. The van der Waals surface area contributed by atoms with Crippen molar-refractivity contribution in [3.8, 4) is 0 Å². The first kappa shape index (κ1) is 16.0. The Morgan fingerprint density at radius 2 is 2.35 bits per heavy atom. The molecule has 1 aliphatic carbocycles. The summed E-state index contributed by atoms with van der Waals surface area (Å²) in [5.41, 5.74) is 4.63. The summed E-state index contributed by atoms with van der Waals surface area (Å²) < 4.78 is 0.504. The van der Waals surface area contributed by atoms with E-state index in [2.05, 4.69) is 64.9 Å². The van der Waals surface area contributed by atoms with Crippen molar-refractivity contribution in [2.75, 3.05) is 6.67 Å². The monoisotopic (exact) mass is 384 g/mol. The quantitative estimate of drug-likeness (QED) is 0.267.